The summed E-state index contributed by atoms with van der Waals surface area (Å²) in [5.74, 6) is 1.93. The van der Waals surface area contributed by atoms with Crippen molar-refractivity contribution < 1.29 is 14.3 Å². The highest BCUT2D eigenvalue weighted by molar-refractivity contribution is 5.74. The van der Waals surface area contributed by atoms with Gasteiger partial charge in [0, 0.05) is 29.3 Å². The third kappa shape index (κ3) is 2.61. The Hall–Kier alpha value is -2.36. The van der Waals surface area contributed by atoms with E-state index in [1.165, 1.54) is 6.20 Å². The van der Waals surface area contributed by atoms with Gasteiger partial charge in [-0.05, 0) is 32.9 Å². The number of carbonyl (C=O) groups excluding carboxylic acids is 1. The molecule has 1 aromatic carbocycles. The topological polar surface area (TPSA) is 48.4 Å². The molecule has 0 spiro atoms. The molecule has 1 aliphatic rings. The van der Waals surface area contributed by atoms with Crippen LogP contribution in [0.15, 0.2) is 30.5 Å². The molecule has 1 aliphatic heterocycles. The van der Waals surface area contributed by atoms with E-state index >= 15 is 0 Å². The minimum atomic E-state index is -0.217. The molecule has 0 unspecified atom stereocenters. The fraction of sp³-hybridized carbons (Fsp3) is 0.294. The summed E-state index contributed by atoms with van der Waals surface area (Å²) in [6, 6.07) is 7.62. The molecular weight excluding hydrogens is 266 g/mol. The summed E-state index contributed by atoms with van der Waals surface area (Å²) in [6.45, 7) is 5.97. The standard InChI is InChI=1S/C17H17NO3/c1-11-7-12(10-19)9-18-16(11)20-14-6-4-5-13-8-17(2,3)21-15(13)14/h4-7,9-10H,8H2,1-3H3. The highest BCUT2D eigenvalue weighted by atomic mass is 16.5. The van der Waals surface area contributed by atoms with Crippen LogP contribution in [0.2, 0.25) is 0 Å². The van der Waals surface area contributed by atoms with Crippen molar-refractivity contribution in [3.8, 4) is 17.4 Å². The van der Waals surface area contributed by atoms with Crippen molar-refractivity contribution in [3.63, 3.8) is 0 Å². The predicted octanol–water partition coefficient (Wildman–Crippen LogP) is 3.71. The molecule has 108 valence electrons. The predicted molar refractivity (Wildman–Crippen MR) is 79.3 cm³/mol. The number of pyridine rings is 1. The third-order valence-electron chi connectivity index (χ3n) is 3.45. The number of fused-ring (bicyclic) bond motifs is 1. The number of rotatable bonds is 3. The monoisotopic (exact) mass is 283 g/mol. The van der Waals surface area contributed by atoms with Gasteiger partial charge in [0.15, 0.2) is 17.8 Å². The summed E-state index contributed by atoms with van der Waals surface area (Å²) in [5, 5.41) is 0. The highest BCUT2D eigenvalue weighted by Crippen LogP contribution is 2.43. The summed E-state index contributed by atoms with van der Waals surface area (Å²) in [7, 11) is 0. The summed E-state index contributed by atoms with van der Waals surface area (Å²) in [5.41, 5.74) is 2.27. The first-order chi connectivity index (χ1) is 9.98. The number of aryl methyl sites for hydroxylation is 1. The molecule has 0 aliphatic carbocycles. The maximum atomic E-state index is 10.8. The third-order valence-corrected chi connectivity index (χ3v) is 3.45. The summed E-state index contributed by atoms with van der Waals surface area (Å²) in [4.78, 5) is 14.9. The van der Waals surface area contributed by atoms with Gasteiger partial charge < -0.3 is 9.47 Å². The molecule has 4 nitrogen and oxygen atoms in total. The van der Waals surface area contributed by atoms with E-state index in [-0.39, 0.29) is 5.60 Å². The maximum Gasteiger partial charge on any atom is 0.222 e. The molecule has 0 atom stereocenters. The first-order valence-electron chi connectivity index (χ1n) is 6.89. The van der Waals surface area contributed by atoms with Gasteiger partial charge in [-0.15, -0.1) is 0 Å². The molecule has 0 saturated heterocycles. The van der Waals surface area contributed by atoms with Gasteiger partial charge in [0.1, 0.15) is 5.60 Å². The number of para-hydroxylation sites is 1. The van der Waals surface area contributed by atoms with E-state index in [2.05, 4.69) is 18.8 Å². The Morgan fingerprint density at radius 2 is 2.19 bits per heavy atom. The number of aromatic nitrogens is 1. The van der Waals surface area contributed by atoms with Crippen LogP contribution in [0.4, 0.5) is 0 Å². The Morgan fingerprint density at radius 1 is 1.38 bits per heavy atom. The molecule has 21 heavy (non-hydrogen) atoms. The van der Waals surface area contributed by atoms with Crippen molar-refractivity contribution in [2.75, 3.05) is 0 Å². The van der Waals surface area contributed by atoms with Gasteiger partial charge in [0.05, 0.1) is 0 Å². The van der Waals surface area contributed by atoms with Crippen LogP contribution in [-0.2, 0) is 6.42 Å². The fourth-order valence-corrected chi connectivity index (χ4v) is 2.53. The van der Waals surface area contributed by atoms with E-state index in [1.54, 1.807) is 6.07 Å². The summed E-state index contributed by atoms with van der Waals surface area (Å²) < 4.78 is 11.9. The van der Waals surface area contributed by atoms with Crippen LogP contribution >= 0.6 is 0 Å². The van der Waals surface area contributed by atoms with Crippen LogP contribution < -0.4 is 9.47 Å². The molecule has 0 fully saturated rings. The molecule has 0 saturated carbocycles. The van der Waals surface area contributed by atoms with Crippen LogP contribution in [0.3, 0.4) is 0 Å². The van der Waals surface area contributed by atoms with Gasteiger partial charge in [-0.25, -0.2) is 4.98 Å². The molecular formula is C17H17NO3. The minimum Gasteiger partial charge on any atom is -0.483 e. The van der Waals surface area contributed by atoms with Crippen molar-refractivity contribution in [2.45, 2.75) is 32.8 Å². The zero-order chi connectivity index (χ0) is 15.0. The number of aldehydes is 1. The lowest BCUT2D eigenvalue weighted by Gasteiger charge is -2.18. The van der Waals surface area contributed by atoms with Gasteiger partial charge in [0.2, 0.25) is 5.88 Å². The number of ether oxygens (including phenoxy) is 2. The lowest BCUT2D eigenvalue weighted by atomic mass is 10.0. The number of hydrogen-bond donors (Lipinski definition) is 0. The van der Waals surface area contributed by atoms with E-state index < -0.39 is 0 Å². The van der Waals surface area contributed by atoms with Gasteiger partial charge in [-0.3, -0.25) is 4.79 Å². The number of carbonyl (C=O) groups is 1. The molecule has 1 aromatic heterocycles. The van der Waals surface area contributed by atoms with Gasteiger partial charge in [-0.1, -0.05) is 12.1 Å². The van der Waals surface area contributed by atoms with Crippen LogP contribution in [-0.4, -0.2) is 16.9 Å². The van der Waals surface area contributed by atoms with E-state index in [1.807, 2.05) is 25.1 Å². The lowest BCUT2D eigenvalue weighted by Crippen LogP contribution is -2.24. The highest BCUT2D eigenvalue weighted by Gasteiger charge is 2.32. The Kier molecular flexibility index (Phi) is 3.16. The lowest BCUT2D eigenvalue weighted by molar-refractivity contribution is 0.112. The summed E-state index contributed by atoms with van der Waals surface area (Å²) in [6.07, 6.45) is 3.13. The van der Waals surface area contributed by atoms with Gasteiger partial charge in [-0.2, -0.15) is 0 Å². The molecule has 0 amide bonds. The van der Waals surface area contributed by atoms with Crippen LogP contribution in [0.25, 0.3) is 0 Å². The maximum absolute atomic E-state index is 10.8. The van der Waals surface area contributed by atoms with Crippen LogP contribution in [0.5, 0.6) is 17.4 Å². The van der Waals surface area contributed by atoms with Crippen molar-refractivity contribution in [3.05, 3.63) is 47.2 Å². The van der Waals surface area contributed by atoms with Crippen molar-refractivity contribution in [2.24, 2.45) is 0 Å². The second-order valence-corrected chi connectivity index (χ2v) is 5.89. The molecule has 2 heterocycles. The van der Waals surface area contributed by atoms with E-state index in [9.17, 15) is 4.79 Å². The zero-order valence-electron chi connectivity index (χ0n) is 12.3. The SMILES string of the molecule is Cc1cc(C=O)cnc1Oc1cccc2c1OC(C)(C)C2. The van der Waals surface area contributed by atoms with E-state index in [0.29, 0.717) is 17.2 Å². The largest absolute Gasteiger partial charge is 0.483 e. The molecule has 4 heteroatoms. The first-order valence-corrected chi connectivity index (χ1v) is 6.89. The first kappa shape index (κ1) is 13.6. The fourth-order valence-electron chi connectivity index (χ4n) is 2.53. The van der Waals surface area contributed by atoms with Gasteiger partial charge in [0.25, 0.3) is 0 Å². The Balaban J connectivity index is 1.94. The summed E-state index contributed by atoms with van der Waals surface area (Å²) >= 11 is 0. The Labute approximate surface area is 123 Å². The molecule has 3 rings (SSSR count). The normalized spacial score (nSPS) is 15.2. The average Bonchev–Trinajstić information content (AvgIpc) is 2.76. The van der Waals surface area contributed by atoms with Gasteiger partial charge >= 0.3 is 0 Å². The molecule has 0 bridgehead atoms. The number of hydrogen-bond acceptors (Lipinski definition) is 4. The molecule has 0 N–H and O–H groups in total. The minimum absolute atomic E-state index is 0.217. The number of nitrogens with zero attached hydrogens (tertiary/aromatic N) is 1. The van der Waals surface area contributed by atoms with E-state index in [4.69, 9.17) is 9.47 Å². The van der Waals surface area contributed by atoms with Crippen molar-refractivity contribution >= 4 is 6.29 Å². The van der Waals surface area contributed by atoms with Crippen molar-refractivity contribution in [1.82, 2.24) is 4.98 Å². The zero-order valence-corrected chi connectivity index (χ0v) is 12.3. The smallest absolute Gasteiger partial charge is 0.222 e. The molecule has 2 aromatic rings. The Morgan fingerprint density at radius 3 is 2.90 bits per heavy atom. The van der Waals surface area contributed by atoms with E-state index in [0.717, 1.165) is 29.6 Å². The van der Waals surface area contributed by atoms with Crippen molar-refractivity contribution in [1.29, 1.82) is 0 Å². The van der Waals surface area contributed by atoms with Crippen LogP contribution in [0.1, 0.15) is 35.3 Å². The van der Waals surface area contributed by atoms with Crippen LogP contribution in [0, 0.1) is 6.92 Å². The quantitative estimate of drug-likeness (QED) is 0.806. The number of benzene rings is 1. The second-order valence-electron chi connectivity index (χ2n) is 5.89. The molecule has 0 radical (unpaired) electrons. The Bertz CT molecular complexity index is 707. The average molecular weight is 283 g/mol. The second kappa shape index (κ2) is 4.88.